The van der Waals surface area contributed by atoms with Crippen LogP contribution in [0.1, 0.15) is 0 Å². The molecule has 0 aliphatic rings. The van der Waals surface area contributed by atoms with E-state index in [4.69, 9.17) is 11.6 Å². The third-order valence-corrected chi connectivity index (χ3v) is 5.44. The van der Waals surface area contributed by atoms with Crippen LogP contribution in [-0.2, 0) is 0 Å². The van der Waals surface area contributed by atoms with Gasteiger partial charge in [0.1, 0.15) is 0 Å². The van der Waals surface area contributed by atoms with Gasteiger partial charge in [0.2, 0.25) is 0 Å². The lowest BCUT2D eigenvalue weighted by atomic mass is 9.86. The van der Waals surface area contributed by atoms with Crippen molar-refractivity contribution in [2.24, 2.45) is 0 Å². The molecule has 0 fully saturated rings. The van der Waals surface area contributed by atoms with E-state index < -0.39 is 0 Å². The van der Waals surface area contributed by atoms with Crippen LogP contribution in [0.15, 0.2) is 103 Å². The largest absolute Gasteiger partial charge is 0.0836 e. The fourth-order valence-electron chi connectivity index (χ4n) is 4.01. The van der Waals surface area contributed by atoms with Crippen LogP contribution in [0.4, 0.5) is 0 Å². The molecule has 0 N–H and O–H groups in total. The lowest BCUT2D eigenvalue weighted by molar-refractivity contribution is 1.65. The second-order valence-corrected chi connectivity index (χ2v) is 7.10. The quantitative estimate of drug-likeness (QED) is 0.278. The Morgan fingerprint density at radius 2 is 0.889 bits per heavy atom. The molecule has 0 bridgehead atoms. The van der Waals surface area contributed by atoms with E-state index in [-0.39, 0.29) is 0 Å². The summed E-state index contributed by atoms with van der Waals surface area (Å²) in [5.74, 6) is 0. The molecule has 0 nitrogen and oxygen atoms in total. The molecule has 0 heterocycles. The second-order valence-electron chi connectivity index (χ2n) is 6.69. The molecule has 5 rings (SSSR count). The molecular formula is C26H17Cl. The number of halogens is 1. The Hall–Kier alpha value is -3.09. The molecule has 0 radical (unpaired) electrons. The molecule has 5 aromatic rings. The summed E-state index contributed by atoms with van der Waals surface area (Å²) < 4.78 is 0. The summed E-state index contributed by atoms with van der Waals surface area (Å²) in [6, 6.07) is 35.9. The van der Waals surface area contributed by atoms with E-state index in [1.165, 1.54) is 38.4 Å². The average molecular weight is 365 g/mol. The zero-order valence-electron chi connectivity index (χ0n) is 14.7. The van der Waals surface area contributed by atoms with Crippen molar-refractivity contribution in [3.63, 3.8) is 0 Å². The van der Waals surface area contributed by atoms with Gasteiger partial charge in [0, 0.05) is 10.4 Å². The van der Waals surface area contributed by atoms with E-state index >= 15 is 0 Å². The van der Waals surface area contributed by atoms with Crippen LogP contribution in [0.2, 0.25) is 5.02 Å². The van der Waals surface area contributed by atoms with Gasteiger partial charge in [0.05, 0.1) is 0 Å². The molecule has 0 aromatic heterocycles. The second kappa shape index (κ2) is 6.57. The monoisotopic (exact) mass is 364 g/mol. The third kappa shape index (κ3) is 2.61. The highest BCUT2D eigenvalue weighted by molar-refractivity contribution is 6.39. The molecule has 27 heavy (non-hydrogen) atoms. The summed E-state index contributed by atoms with van der Waals surface area (Å²) in [5.41, 5.74) is 4.84. The summed E-state index contributed by atoms with van der Waals surface area (Å²) >= 11 is 6.77. The standard InChI is InChI=1S/C26H17Cl/c27-23-17-9-16-22-24(18-10-3-1-4-11-18)20-14-7-8-15-21(20)25(26(22)23)19-12-5-2-6-13-19/h1-17H. The van der Waals surface area contributed by atoms with E-state index in [0.29, 0.717) is 0 Å². The molecule has 0 saturated heterocycles. The molecule has 0 unspecified atom stereocenters. The molecule has 0 atom stereocenters. The Labute approximate surface area is 163 Å². The highest BCUT2D eigenvalue weighted by Crippen LogP contribution is 2.45. The maximum absolute atomic E-state index is 6.77. The van der Waals surface area contributed by atoms with Crippen molar-refractivity contribution in [2.75, 3.05) is 0 Å². The number of hydrogen-bond donors (Lipinski definition) is 0. The normalized spacial score (nSPS) is 11.1. The van der Waals surface area contributed by atoms with Crippen molar-refractivity contribution in [3.05, 3.63) is 108 Å². The van der Waals surface area contributed by atoms with Gasteiger partial charge in [-0.1, -0.05) is 109 Å². The van der Waals surface area contributed by atoms with Gasteiger partial charge in [-0.15, -0.1) is 0 Å². The fourth-order valence-corrected chi connectivity index (χ4v) is 4.27. The van der Waals surface area contributed by atoms with Gasteiger partial charge in [-0.25, -0.2) is 0 Å². The van der Waals surface area contributed by atoms with Crippen LogP contribution < -0.4 is 0 Å². The lowest BCUT2D eigenvalue weighted by Gasteiger charge is -2.18. The van der Waals surface area contributed by atoms with E-state index in [2.05, 4.69) is 84.9 Å². The Bertz CT molecular complexity index is 1260. The van der Waals surface area contributed by atoms with Gasteiger partial charge < -0.3 is 0 Å². The van der Waals surface area contributed by atoms with Gasteiger partial charge in [-0.2, -0.15) is 0 Å². The van der Waals surface area contributed by atoms with Crippen molar-refractivity contribution in [2.45, 2.75) is 0 Å². The smallest absolute Gasteiger partial charge is 0.0491 e. The SMILES string of the molecule is Clc1cccc2c(-c3ccccc3)c3ccccc3c(-c3ccccc3)c12. The lowest BCUT2D eigenvalue weighted by Crippen LogP contribution is -1.91. The number of rotatable bonds is 2. The highest BCUT2D eigenvalue weighted by Gasteiger charge is 2.17. The number of fused-ring (bicyclic) bond motifs is 2. The van der Waals surface area contributed by atoms with Crippen LogP contribution in [0.5, 0.6) is 0 Å². The van der Waals surface area contributed by atoms with E-state index in [0.717, 1.165) is 10.4 Å². The zero-order chi connectivity index (χ0) is 18.2. The van der Waals surface area contributed by atoms with E-state index in [1.807, 2.05) is 18.2 Å². The van der Waals surface area contributed by atoms with E-state index in [1.54, 1.807) is 0 Å². The zero-order valence-corrected chi connectivity index (χ0v) is 15.4. The first-order chi connectivity index (χ1) is 13.3. The maximum atomic E-state index is 6.77. The van der Waals surface area contributed by atoms with Gasteiger partial charge >= 0.3 is 0 Å². The average Bonchev–Trinajstić information content (AvgIpc) is 2.73. The Kier molecular flexibility index (Phi) is 3.92. The topological polar surface area (TPSA) is 0 Å². The maximum Gasteiger partial charge on any atom is 0.0491 e. The first-order valence-corrected chi connectivity index (χ1v) is 9.46. The molecular weight excluding hydrogens is 348 g/mol. The predicted octanol–water partition coefficient (Wildman–Crippen LogP) is 7.98. The molecule has 0 aliphatic carbocycles. The molecule has 5 aromatic carbocycles. The van der Waals surface area contributed by atoms with Crippen LogP contribution >= 0.6 is 11.6 Å². The summed E-state index contributed by atoms with van der Waals surface area (Å²) in [5, 5.41) is 5.56. The third-order valence-electron chi connectivity index (χ3n) is 5.12. The highest BCUT2D eigenvalue weighted by atomic mass is 35.5. The van der Waals surface area contributed by atoms with Crippen molar-refractivity contribution in [1.29, 1.82) is 0 Å². The summed E-state index contributed by atoms with van der Waals surface area (Å²) in [7, 11) is 0. The van der Waals surface area contributed by atoms with Gasteiger partial charge in [0.15, 0.2) is 0 Å². The summed E-state index contributed by atoms with van der Waals surface area (Å²) in [6.07, 6.45) is 0. The molecule has 0 saturated carbocycles. The van der Waals surface area contributed by atoms with Gasteiger partial charge in [0.25, 0.3) is 0 Å². The van der Waals surface area contributed by atoms with Crippen LogP contribution in [0.25, 0.3) is 43.8 Å². The van der Waals surface area contributed by atoms with Crippen LogP contribution in [0.3, 0.4) is 0 Å². The fraction of sp³-hybridized carbons (Fsp3) is 0. The molecule has 0 aliphatic heterocycles. The number of benzene rings is 5. The minimum atomic E-state index is 0.786. The Balaban J connectivity index is 2.06. The molecule has 1 heteroatoms. The first-order valence-electron chi connectivity index (χ1n) is 9.08. The summed E-state index contributed by atoms with van der Waals surface area (Å²) in [4.78, 5) is 0. The molecule has 128 valence electrons. The van der Waals surface area contributed by atoms with Crippen LogP contribution in [-0.4, -0.2) is 0 Å². The van der Waals surface area contributed by atoms with E-state index in [9.17, 15) is 0 Å². The Morgan fingerprint density at radius 1 is 0.407 bits per heavy atom. The molecule has 0 spiro atoms. The minimum Gasteiger partial charge on any atom is -0.0836 e. The minimum absolute atomic E-state index is 0.786. The van der Waals surface area contributed by atoms with Crippen LogP contribution in [0, 0.1) is 0 Å². The summed E-state index contributed by atoms with van der Waals surface area (Å²) in [6.45, 7) is 0. The van der Waals surface area contributed by atoms with Crippen molar-refractivity contribution < 1.29 is 0 Å². The Morgan fingerprint density at radius 3 is 1.52 bits per heavy atom. The van der Waals surface area contributed by atoms with Crippen molar-refractivity contribution in [3.8, 4) is 22.3 Å². The van der Waals surface area contributed by atoms with Crippen molar-refractivity contribution >= 4 is 33.1 Å². The van der Waals surface area contributed by atoms with Gasteiger partial charge in [-0.05, 0) is 44.5 Å². The number of hydrogen-bond acceptors (Lipinski definition) is 0. The molecule has 0 amide bonds. The predicted molar refractivity (Wildman–Crippen MR) is 117 cm³/mol. The van der Waals surface area contributed by atoms with Crippen molar-refractivity contribution in [1.82, 2.24) is 0 Å². The first kappa shape index (κ1) is 16.1. The van der Waals surface area contributed by atoms with Gasteiger partial charge in [-0.3, -0.25) is 0 Å².